The number of nitrogens with two attached hydrogens (primary N) is 3. The van der Waals surface area contributed by atoms with Crippen molar-refractivity contribution >= 4 is 76.4 Å². The third-order valence-corrected chi connectivity index (χ3v) is 17.6. The molecule has 0 radical (unpaired) electrons. The molecule has 0 aromatic heterocycles. The summed E-state index contributed by atoms with van der Waals surface area (Å²) in [4.78, 5) is 160. The molecule has 0 aromatic carbocycles. The maximum absolute atomic E-state index is 13.8. The van der Waals surface area contributed by atoms with Crippen LogP contribution in [0.15, 0.2) is 0 Å². The summed E-state index contributed by atoms with van der Waals surface area (Å²) < 4.78 is 0. The molecule has 0 aromatic rings. The van der Waals surface area contributed by atoms with E-state index in [9.17, 15) is 72.5 Å². The molecular weight excluding hydrogens is 1220 g/mol. The summed E-state index contributed by atoms with van der Waals surface area (Å²) in [5.41, 5.74) is 17.2. The number of amides is 4. The van der Waals surface area contributed by atoms with Crippen molar-refractivity contribution in [2.45, 2.75) is 333 Å². The first-order chi connectivity index (χ1) is 45.1. The Balaban J connectivity index is -0.0000147. The Morgan fingerprint density at radius 3 is 1.19 bits per heavy atom. The molecule has 0 rings (SSSR count). The molecule has 0 saturated heterocycles. The Labute approximate surface area is 570 Å². The van der Waals surface area contributed by atoms with Crippen LogP contribution in [0, 0.1) is 17.8 Å². The molecule has 14 N–H and O–H groups in total. The molecule has 0 aliphatic rings. The molecule has 552 valence electrons. The van der Waals surface area contributed by atoms with E-state index in [-0.39, 0.29) is 134 Å². The molecule has 24 nitrogen and oxygen atoms in total. The summed E-state index contributed by atoms with van der Waals surface area (Å²) in [5.74, 6) is -8.30. The Morgan fingerprint density at radius 1 is 0.368 bits per heavy atom. The minimum Gasteiger partial charge on any atom is -0.481 e. The normalized spacial score (nSPS) is 13.3. The SMILES string of the molecule is CC(=O)[C@H](CCCCNC(=O)[C@@H](N)CCCCCC(=O)CC[C@H](NC(=O)CCCCCCCCCCCCC(=O)O)C(=O)O)CC(=O)[C@H](CCCCNC(=O)[C@@H](N)CCCCNC(=O)CC[C@H](CC(=O)CCCCCCCCCCCCC(=O)O)C(=O)O)CC(=O)C(C)(C)N.[HH].[HH].[HH]. The minimum absolute atomic E-state index is 0. The third-order valence-electron chi connectivity index (χ3n) is 17.6. The second kappa shape index (κ2) is 56.1. The largest absolute Gasteiger partial charge is 0.481 e. The van der Waals surface area contributed by atoms with Crippen LogP contribution in [0.2, 0.25) is 0 Å². The van der Waals surface area contributed by atoms with E-state index in [1.165, 1.54) is 6.92 Å². The van der Waals surface area contributed by atoms with E-state index in [0.29, 0.717) is 129 Å². The number of Topliss-reactive ketones (excluding diaryl/α,β-unsaturated/α-hetero) is 5. The summed E-state index contributed by atoms with van der Waals surface area (Å²) in [5, 5.41) is 47.7. The highest BCUT2D eigenvalue weighted by Crippen LogP contribution is 2.25. The zero-order chi connectivity index (χ0) is 71.2. The van der Waals surface area contributed by atoms with Crippen molar-refractivity contribution in [1.29, 1.82) is 0 Å². The monoisotopic (exact) mass is 1350 g/mol. The van der Waals surface area contributed by atoms with Gasteiger partial charge in [-0.2, -0.15) is 0 Å². The van der Waals surface area contributed by atoms with Crippen molar-refractivity contribution in [2.24, 2.45) is 35.0 Å². The fourth-order valence-corrected chi connectivity index (χ4v) is 11.3. The molecule has 0 unspecified atom stereocenters. The Bertz CT molecular complexity index is 2290. The number of carbonyl (C=O) groups excluding carboxylic acids is 9. The lowest BCUT2D eigenvalue weighted by Gasteiger charge is -2.23. The average molecular weight is 1350 g/mol. The molecule has 0 heterocycles. The molecule has 0 aliphatic heterocycles. The maximum Gasteiger partial charge on any atom is 0.326 e. The first-order valence-electron chi connectivity index (χ1n) is 36.0. The van der Waals surface area contributed by atoms with E-state index < -0.39 is 65.3 Å². The number of unbranched alkanes of at least 4 members (excludes halogenated alkanes) is 23. The summed E-state index contributed by atoms with van der Waals surface area (Å²) >= 11 is 0. The Hall–Kier alpha value is -6.01. The highest BCUT2D eigenvalue weighted by atomic mass is 16.4. The number of carboxylic acids is 4. The number of hydrogen-bond donors (Lipinski definition) is 11. The van der Waals surface area contributed by atoms with E-state index in [4.69, 9.17) is 27.4 Å². The summed E-state index contributed by atoms with van der Waals surface area (Å²) in [6, 6.07) is -2.72. The molecule has 0 saturated carbocycles. The molecular formula is C71H131N7O17. The second-order valence-corrected chi connectivity index (χ2v) is 27.0. The van der Waals surface area contributed by atoms with Crippen LogP contribution in [0.4, 0.5) is 0 Å². The van der Waals surface area contributed by atoms with Crippen molar-refractivity contribution in [3.63, 3.8) is 0 Å². The number of aliphatic carboxylic acids is 4. The van der Waals surface area contributed by atoms with Gasteiger partial charge in [0.1, 0.15) is 29.2 Å². The van der Waals surface area contributed by atoms with Gasteiger partial charge in [-0.3, -0.25) is 57.5 Å². The van der Waals surface area contributed by atoms with Crippen LogP contribution in [0.1, 0.15) is 314 Å². The fraction of sp³-hybridized carbons (Fsp3) is 0.817. The Kier molecular flexibility index (Phi) is 52.5. The smallest absolute Gasteiger partial charge is 0.326 e. The molecule has 0 aliphatic carbocycles. The number of carbonyl (C=O) groups is 13. The predicted octanol–water partition coefficient (Wildman–Crippen LogP) is 10.6. The number of rotatable bonds is 67. The predicted molar refractivity (Wildman–Crippen MR) is 371 cm³/mol. The molecule has 4 amide bonds. The summed E-state index contributed by atoms with van der Waals surface area (Å²) in [6.07, 6.45) is 26.4. The zero-order valence-corrected chi connectivity index (χ0v) is 58.2. The van der Waals surface area contributed by atoms with Crippen molar-refractivity contribution in [3.05, 3.63) is 0 Å². The van der Waals surface area contributed by atoms with Crippen LogP contribution < -0.4 is 38.5 Å². The first kappa shape index (κ1) is 89.0. The third kappa shape index (κ3) is 51.9. The molecule has 0 fully saturated rings. The lowest BCUT2D eigenvalue weighted by molar-refractivity contribution is -0.144. The van der Waals surface area contributed by atoms with Crippen molar-refractivity contribution in [2.75, 3.05) is 19.6 Å². The Morgan fingerprint density at radius 2 is 0.758 bits per heavy atom. The topological polar surface area (TPSA) is 429 Å². The van der Waals surface area contributed by atoms with Crippen LogP contribution in [-0.2, 0) is 62.3 Å². The number of ketones is 5. The van der Waals surface area contributed by atoms with E-state index in [2.05, 4.69) is 21.3 Å². The highest BCUT2D eigenvalue weighted by Gasteiger charge is 2.31. The molecule has 24 heteroatoms. The van der Waals surface area contributed by atoms with Crippen LogP contribution >= 0.6 is 0 Å². The van der Waals surface area contributed by atoms with Gasteiger partial charge in [0.05, 0.1) is 23.5 Å². The molecule has 0 bridgehead atoms. The molecule has 95 heavy (non-hydrogen) atoms. The van der Waals surface area contributed by atoms with Crippen LogP contribution in [0.25, 0.3) is 0 Å². The lowest BCUT2D eigenvalue weighted by atomic mass is 9.82. The summed E-state index contributed by atoms with van der Waals surface area (Å²) in [7, 11) is 0. The van der Waals surface area contributed by atoms with Gasteiger partial charge in [0.25, 0.3) is 0 Å². The highest BCUT2D eigenvalue weighted by molar-refractivity contribution is 5.94. The van der Waals surface area contributed by atoms with Crippen molar-refractivity contribution in [3.8, 4) is 0 Å². The fourth-order valence-electron chi connectivity index (χ4n) is 11.3. The first-order valence-corrected chi connectivity index (χ1v) is 36.0. The van der Waals surface area contributed by atoms with E-state index >= 15 is 0 Å². The molecule has 6 atom stereocenters. The van der Waals surface area contributed by atoms with E-state index in [0.717, 1.165) is 103 Å². The van der Waals surface area contributed by atoms with Gasteiger partial charge in [-0.1, -0.05) is 128 Å². The standard InChI is InChI=1S/C71H125N7O17.3H2/c1-52(79)53(33-27-30-47-76-67(90)58(72)37-23-20-22-35-56(80)43-44-60(70(94)95)78-64(85)39-24-17-13-9-5-7-11-15-19-26-41-66(88)89)50-61(82)54(51-62(83)71(2,3)74)34-28-31-48-77-68(91)59(73)38-29-32-46-75-63(84)45-42-55(69(92)93)49-57(81)36-21-16-12-8-4-6-10-14-18-25-40-65(86)87;;;/h53-55,58-60H,4-51,72-74H2,1-3H3,(H,75,84)(H,76,90)(H,77,91)(H,78,85)(H,86,87)(H,88,89)(H,92,93)(H,94,95);3*1H/t53-,54-,55-,58+,59+,60+;;;/m1.../s1. The zero-order valence-electron chi connectivity index (χ0n) is 58.2. The van der Waals surface area contributed by atoms with Crippen LogP contribution in [0.3, 0.4) is 0 Å². The van der Waals surface area contributed by atoms with Crippen molar-refractivity contribution < 1.29 is 87.0 Å². The average Bonchev–Trinajstić information content (AvgIpc) is 0.963. The number of nitrogens with one attached hydrogen (secondary N) is 4. The van der Waals surface area contributed by atoms with Gasteiger partial charge >= 0.3 is 23.9 Å². The van der Waals surface area contributed by atoms with E-state index in [1.54, 1.807) is 13.8 Å². The van der Waals surface area contributed by atoms with Crippen LogP contribution in [0.5, 0.6) is 0 Å². The van der Waals surface area contributed by atoms with Gasteiger partial charge in [-0.15, -0.1) is 0 Å². The van der Waals surface area contributed by atoms with Crippen molar-refractivity contribution in [1.82, 2.24) is 21.3 Å². The van der Waals surface area contributed by atoms with Gasteiger partial charge in [0.2, 0.25) is 23.6 Å². The van der Waals surface area contributed by atoms with Gasteiger partial charge in [-0.05, 0) is 117 Å². The van der Waals surface area contributed by atoms with Crippen LogP contribution in [-0.4, -0.2) is 140 Å². The molecule has 0 spiro atoms. The minimum atomic E-state index is -1.19. The summed E-state index contributed by atoms with van der Waals surface area (Å²) in [6.45, 7) is 5.47. The quantitative estimate of drug-likeness (QED) is 0.0252. The van der Waals surface area contributed by atoms with E-state index in [1.807, 2.05) is 0 Å². The van der Waals surface area contributed by atoms with Gasteiger partial charge < -0.3 is 58.9 Å². The van der Waals surface area contributed by atoms with Gasteiger partial charge in [0, 0.05) is 100.0 Å². The van der Waals surface area contributed by atoms with Gasteiger partial charge in [-0.25, -0.2) is 4.79 Å². The second-order valence-electron chi connectivity index (χ2n) is 27.0. The maximum atomic E-state index is 13.8. The lowest BCUT2D eigenvalue weighted by Crippen LogP contribution is -2.43. The number of carboxylic acid groups (broad SMARTS) is 4. The number of hydrogen-bond acceptors (Lipinski definition) is 16. The van der Waals surface area contributed by atoms with Gasteiger partial charge in [0.15, 0.2) is 5.78 Å².